The van der Waals surface area contributed by atoms with Crippen molar-refractivity contribution in [2.75, 3.05) is 0 Å². The predicted molar refractivity (Wildman–Crippen MR) is 77.2 cm³/mol. The highest BCUT2D eigenvalue weighted by atomic mass is 19.2. The number of halogens is 2. The summed E-state index contributed by atoms with van der Waals surface area (Å²) in [5, 5.41) is 0. The Labute approximate surface area is 123 Å². The average Bonchev–Trinajstić information content (AvgIpc) is 2.41. The van der Waals surface area contributed by atoms with Crippen LogP contribution in [0.4, 0.5) is 8.78 Å². The highest BCUT2D eigenvalue weighted by molar-refractivity contribution is 5.74. The van der Waals surface area contributed by atoms with Crippen LogP contribution in [0.15, 0.2) is 18.2 Å². The molecule has 0 aliphatic heterocycles. The minimum absolute atomic E-state index is 0.200. The van der Waals surface area contributed by atoms with E-state index in [4.69, 9.17) is 11.5 Å². The number of hydrogen-bond donors (Lipinski definition) is 2. The van der Waals surface area contributed by atoms with Crippen LogP contribution in [0.3, 0.4) is 0 Å². The Bertz CT molecular complexity index is 513. The molecule has 116 valence electrons. The molecular formula is C16H22F2N2O. The van der Waals surface area contributed by atoms with Crippen LogP contribution in [0.25, 0.3) is 0 Å². The fraction of sp³-hybridized carbons (Fsp3) is 0.562. The molecule has 0 heterocycles. The van der Waals surface area contributed by atoms with Gasteiger partial charge in [0.25, 0.3) is 0 Å². The molecule has 1 aromatic rings. The maximum Gasteiger partial charge on any atom is 0.217 e. The third-order valence-corrected chi connectivity index (χ3v) is 4.49. The summed E-state index contributed by atoms with van der Waals surface area (Å²) >= 11 is 0. The maximum atomic E-state index is 13.3. The normalized spacial score (nSPS) is 19.2. The minimum Gasteiger partial charge on any atom is -0.370 e. The zero-order valence-corrected chi connectivity index (χ0v) is 12.1. The van der Waals surface area contributed by atoms with Crippen LogP contribution in [-0.2, 0) is 4.79 Å². The van der Waals surface area contributed by atoms with Crippen molar-refractivity contribution in [1.29, 1.82) is 0 Å². The zero-order chi connectivity index (χ0) is 15.5. The van der Waals surface area contributed by atoms with Gasteiger partial charge < -0.3 is 11.5 Å². The van der Waals surface area contributed by atoms with E-state index in [2.05, 4.69) is 0 Å². The van der Waals surface area contributed by atoms with Gasteiger partial charge in [-0.15, -0.1) is 0 Å². The highest BCUT2D eigenvalue weighted by Gasteiger charge is 2.35. The molecule has 21 heavy (non-hydrogen) atoms. The molecular weight excluding hydrogens is 274 g/mol. The van der Waals surface area contributed by atoms with Gasteiger partial charge in [-0.2, -0.15) is 0 Å². The minimum atomic E-state index is -0.893. The van der Waals surface area contributed by atoms with Crippen LogP contribution in [0.1, 0.15) is 56.6 Å². The van der Waals surface area contributed by atoms with Crippen LogP contribution >= 0.6 is 0 Å². The van der Waals surface area contributed by atoms with Gasteiger partial charge in [-0.1, -0.05) is 25.3 Å². The van der Waals surface area contributed by atoms with Crippen LogP contribution in [0.5, 0.6) is 0 Å². The molecule has 1 fully saturated rings. The molecule has 1 aromatic carbocycles. The van der Waals surface area contributed by atoms with Crippen molar-refractivity contribution in [1.82, 2.24) is 0 Å². The smallest absolute Gasteiger partial charge is 0.217 e. The number of hydrogen-bond acceptors (Lipinski definition) is 2. The highest BCUT2D eigenvalue weighted by Crippen LogP contribution is 2.45. The topological polar surface area (TPSA) is 69.1 Å². The first-order chi connectivity index (χ1) is 9.92. The third-order valence-electron chi connectivity index (χ3n) is 4.49. The number of carbonyl (C=O) groups is 1. The van der Waals surface area contributed by atoms with Gasteiger partial charge in [-0.25, -0.2) is 8.78 Å². The average molecular weight is 296 g/mol. The lowest BCUT2D eigenvalue weighted by Crippen LogP contribution is -2.33. The van der Waals surface area contributed by atoms with Crippen molar-refractivity contribution >= 4 is 5.91 Å². The molecule has 1 amide bonds. The number of rotatable bonds is 5. The van der Waals surface area contributed by atoms with Crippen molar-refractivity contribution in [3.8, 4) is 0 Å². The Morgan fingerprint density at radius 1 is 1.19 bits per heavy atom. The summed E-state index contributed by atoms with van der Waals surface area (Å²) < 4.78 is 26.3. The van der Waals surface area contributed by atoms with E-state index in [1.165, 1.54) is 6.07 Å². The van der Waals surface area contributed by atoms with Crippen molar-refractivity contribution in [2.45, 2.75) is 51.0 Å². The number of benzene rings is 1. The van der Waals surface area contributed by atoms with Gasteiger partial charge in [0, 0.05) is 12.5 Å². The fourth-order valence-corrected chi connectivity index (χ4v) is 3.45. The molecule has 0 radical (unpaired) electrons. The molecule has 1 atom stereocenters. The Morgan fingerprint density at radius 2 is 1.86 bits per heavy atom. The van der Waals surface area contributed by atoms with E-state index < -0.39 is 17.7 Å². The molecule has 2 rings (SSSR count). The third kappa shape index (κ3) is 4.00. The quantitative estimate of drug-likeness (QED) is 0.876. The second-order valence-corrected chi connectivity index (χ2v) is 6.19. The largest absolute Gasteiger partial charge is 0.370 e. The molecule has 1 unspecified atom stereocenters. The van der Waals surface area contributed by atoms with Gasteiger partial charge in [-0.3, -0.25) is 4.79 Å². The summed E-state index contributed by atoms with van der Waals surface area (Å²) in [4.78, 5) is 11.4. The first kappa shape index (κ1) is 15.9. The van der Waals surface area contributed by atoms with Crippen molar-refractivity contribution < 1.29 is 13.6 Å². The number of primary amides is 1. The molecule has 5 heteroatoms. The second-order valence-electron chi connectivity index (χ2n) is 6.19. The standard InChI is InChI=1S/C16H22F2N2O/c17-12-5-4-11(8-13(12)18)14(19)9-16(10-15(20)21)6-2-1-3-7-16/h4-5,8,14H,1-3,6-7,9-10,19H2,(H2,20,21). The molecule has 3 nitrogen and oxygen atoms in total. The Kier molecular flexibility index (Phi) is 4.93. The van der Waals surface area contributed by atoms with Gasteiger partial charge in [-0.05, 0) is 42.4 Å². The van der Waals surface area contributed by atoms with Gasteiger partial charge in [0.1, 0.15) is 0 Å². The Morgan fingerprint density at radius 3 is 2.43 bits per heavy atom. The van der Waals surface area contributed by atoms with E-state index in [0.29, 0.717) is 18.4 Å². The molecule has 1 aliphatic rings. The lowest BCUT2D eigenvalue weighted by atomic mass is 9.67. The monoisotopic (exact) mass is 296 g/mol. The lowest BCUT2D eigenvalue weighted by molar-refractivity contribution is -0.121. The predicted octanol–water partition coefficient (Wildman–Crippen LogP) is 3.18. The van der Waals surface area contributed by atoms with Crippen molar-refractivity contribution in [2.24, 2.45) is 16.9 Å². The summed E-state index contributed by atoms with van der Waals surface area (Å²) in [5.41, 5.74) is 11.9. The SMILES string of the molecule is NC(=O)CC1(CC(N)c2ccc(F)c(F)c2)CCCCC1. The second kappa shape index (κ2) is 6.52. The molecule has 0 bridgehead atoms. The Balaban J connectivity index is 2.15. The fourth-order valence-electron chi connectivity index (χ4n) is 3.45. The van der Waals surface area contributed by atoms with Crippen molar-refractivity contribution in [3.05, 3.63) is 35.4 Å². The summed E-state index contributed by atoms with van der Waals surface area (Å²) in [7, 11) is 0. The molecule has 0 aromatic heterocycles. The van der Waals surface area contributed by atoms with E-state index in [1.807, 2.05) is 0 Å². The number of nitrogens with two attached hydrogens (primary N) is 2. The van der Waals surface area contributed by atoms with E-state index in [0.717, 1.165) is 44.2 Å². The van der Waals surface area contributed by atoms with Crippen LogP contribution in [-0.4, -0.2) is 5.91 Å². The summed E-state index contributed by atoms with van der Waals surface area (Å²) in [6.45, 7) is 0. The Hall–Kier alpha value is -1.49. The number of carbonyl (C=O) groups excluding carboxylic acids is 1. The molecule has 4 N–H and O–H groups in total. The first-order valence-corrected chi connectivity index (χ1v) is 7.41. The molecule has 0 spiro atoms. The van der Waals surface area contributed by atoms with Gasteiger partial charge in [0.05, 0.1) is 0 Å². The summed E-state index contributed by atoms with van der Waals surface area (Å²) in [5.74, 6) is -2.10. The van der Waals surface area contributed by atoms with Crippen LogP contribution in [0.2, 0.25) is 0 Å². The van der Waals surface area contributed by atoms with E-state index >= 15 is 0 Å². The van der Waals surface area contributed by atoms with Crippen molar-refractivity contribution in [3.63, 3.8) is 0 Å². The maximum absolute atomic E-state index is 13.3. The van der Waals surface area contributed by atoms with Crippen LogP contribution in [0, 0.1) is 17.0 Å². The van der Waals surface area contributed by atoms with E-state index in [-0.39, 0.29) is 11.3 Å². The lowest BCUT2D eigenvalue weighted by Gasteiger charge is -2.38. The van der Waals surface area contributed by atoms with Gasteiger partial charge >= 0.3 is 0 Å². The van der Waals surface area contributed by atoms with Gasteiger partial charge in [0.15, 0.2) is 11.6 Å². The zero-order valence-electron chi connectivity index (χ0n) is 12.1. The molecule has 1 saturated carbocycles. The number of amides is 1. The summed E-state index contributed by atoms with van der Waals surface area (Å²) in [6.07, 6.45) is 5.96. The molecule has 1 aliphatic carbocycles. The van der Waals surface area contributed by atoms with E-state index in [9.17, 15) is 13.6 Å². The van der Waals surface area contributed by atoms with Crippen LogP contribution < -0.4 is 11.5 Å². The van der Waals surface area contributed by atoms with Gasteiger partial charge in [0.2, 0.25) is 5.91 Å². The van der Waals surface area contributed by atoms with E-state index in [1.54, 1.807) is 0 Å². The summed E-state index contributed by atoms with van der Waals surface area (Å²) in [6, 6.07) is 3.31. The molecule has 0 saturated heterocycles. The first-order valence-electron chi connectivity index (χ1n) is 7.41.